The molecule has 0 atom stereocenters. The number of hydrogen-bond acceptors (Lipinski definition) is 2. The third-order valence-corrected chi connectivity index (χ3v) is 2.26. The van der Waals surface area contributed by atoms with Crippen LogP contribution < -0.4 is 5.32 Å². The summed E-state index contributed by atoms with van der Waals surface area (Å²) in [7, 11) is 0. The topological polar surface area (TPSA) is 42.2 Å². The Morgan fingerprint density at radius 2 is 1.81 bits per heavy atom. The molecule has 0 aliphatic carbocycles. The smallest absolute Gasteiger partial charge is 0.291 e. The van der Waals surface area contributed by atoms with Gasteiger partial charge in [-0.25, -0.2) is 0 Å². The lowest BCUT2D eigenvalue weighted by atomic mass is 10.2. The second-order valence-electron chi connectivity index (χ2n) is 3.81. The molecule has 1 heterocycles. The van der Waals surface area contributed by atoms with Crippen LogP contribution in [0.4, 0.5) is 5.69 Å². The van der Waals surface area contributed by atoms with Crippen LogP contribution in [0.1, 0.15) is 21.7 Å². The van der Waals surface area contributed by atoms with Crippen molar-refractivity contribution in [2.24, 2.45) is 0 Å². The van der Waals surface area contributed by atoms with Crippen LogP contribution in [0, 0.1) is 13.8 Å². The molecule has 2 aromatic rings. The third-order valence-electron chi connectivity index (χ3n) is 2.26. The van der Waals surface area contributed by atoms with Crippen LogP contribution in [-0.2, 0) is 0 Å². The minimum absolute atomic E-state index is 0.225. The highest BCUT2D eigenvalue weighted by Crippen LogP contribution is 2.12. The Balaban J connectivity index is 2.10. The maximum absolute atomic E-state index is 11.7. The van der Waals surface area contributed by atoms with Gasteiger partial charge in [-0.05, 0) is 37.6 Å². The molecule has 1 amide bonds. The van der Waals surface area contributed by atoms with E-state index in [-0.39, 0.29) is 5.91 Å². The summed E-state index contributed by atoms with van der Waals surface area (Å²) in [6.07, 6.45) is 1.56. The molecule has 1 N–H and O–H groups in total. The quantitative estimate of drug-likeness (QED) is 0.836. The molecule has 1 aromatic carbocycles. The van der Waals surface area contributed by atoms with Crippen molar-refractivity contribution >= 4 is 11.6 Å². The van der Waals surface area contributed by atoms with Crippen LogP contribution >= 0.6 is 0 Å². The minimum Gasteiger partial charge on any atom is -0.459 e. The number of amides is 1. The molecule has 0 fully saturated rings. The lowest BCUT2D eigenvalue weighted by Gasteiger charge is -2.02. The predicted molar refractivity (Wildman–Crippen MR) is 62.6 cm³/mol. The van der Waals surface area contributed by atoms with Crippen LogP contribution in [0.25, 0.3) is 0 Å². The van der Waals surface area contributed by atoms with E-state index in [9.17, 15) is 4.79 Å². The number of benzene rings is 1. The Morgan fingerprint density at radius 1 is 1.12 bits per heavy atom. The van der Waals surface area contributed by atoms with Gasteiger partial charge in [0.2, 0.25) is 0 Å². The van der Waals surface area contributed by atoms with Crippen molar-refractivity contribution in [2.75, 3.05) is 5.32 Å². The summed E-state index contributed by atoms with van der Waals surface area (Å²) in [4.78, 5) is 11.7. The first kappa shape index (κ1) is 10.5. The molecule has 3 heteroatoms. The van der Waals surface area contributed by atoms with Gasteiger partial charge in [-0.3, -0.25) is 4.79 Å². The summed E-state index contributed by atoms with van der Waals surface area (Å²) >= 11 is 0. The summed E-state index contributed by atoms with van der Waals surface area (Å²) in [5, 5.41) is 2.77. The number of furan rings is 1. The molecule has 0 aliphatic heterocycles. The van der Waals surface area contributed by atoms with Crippen molar-refractivity contribution in [1.29, 1.82) is 0 Å². The van der Waals surface area contributed by atoms with E-state index in [0.717, 1.165) is 16.8 Å². The van der Waals surface area contributed by atoms with E-state index in [0.29, 0.717) is 5.76 Å². The summed E-state index contributed by atoms with van der Waals surface area (Å²) in [5.74, 6) is 0.107. The number of nitrogens with one attached hydrogen (secondary N) is 1. The average molecular weight is 215 g/mol. The SMILES string of the molecule is Cc1ccc(NC(=O)c2cc(C)co2)cc1. The van der Waals surface area contributed by atoms with E-state index in [2.05, 4.69) is 5.32 Å². The first-order valence-electron chi connectivity index (χ1n) is 5.08. The molecular formula is C13H13NO2. The number of aryl methyl sites for hydroxylation is 2. The zero-order chi connectivity index (χ0) is 11.5. The number of anilines is 1. The van der Waals surface area contributed by atoms with Crippen LogP contribution in [0.15, 0.2) is 41.0 Å². The molecule has 0 saturated carbocycles. The van der Waals surface area contributed by atoms with Gasteiger partial charge in [0.05, 0.1) is 6.26 Å². The van der Waals surface area contributed by atoms with Crippen molar-refractivity contribution in [1.82, 2.24) is 0 Å². The summed E-state index contributed by atoms with van der Waals surface area (Å²) < 4.78 is 5.11. The lowest BCUT2D eigenvalue weighted by molar-refractivity contribution is 0.0996. The Morgan fingerprint density at radius 3 is 2.38 bits per heavy atom. The molecule has 0 saturated heterocycles. The Hall–Kier alpha value is -2.03. The number of rotatable bonds is 2. The van der Waals surface area contributed by atoms with E-state index in [4.69, 9.17) is 4.42 Å². The first-order valence-corrected chi connectivity index (χ1v) is 5.08. The maximum atomic E-state index is 11.7. The lowest BCUT2D eigenvalue weighted by Crippen LogP contribution is -2.10. The fourth-order valence-corrected chi connectivity index (χ4v) is 1.38. The highest BCUT2D eigenvalue weighted by molar-refractivity contribution is 6.02. The highest BCUT2D eigenvalue weighted by Gasteiger charge is 2.09. The fraction of sp³-hybridized carbons (Fsp3) is 0.154. The molecule has 0 radical (unpaired) electrons. The van der Waals surface area contributed by atoms with Gasteiger partial charge in [-0.15, -0.1) is 0 Å². The van der Waals surface area contributed by atoms with Gasteiger partial charge in [0.15, 0.2) is 5.76 Å². The van der Waals surface area contributed by atoms with Gasteiger partial charge in [0.25, 0.3) is 5.91 Å². The Bertz CT molecular complexity index is 497. The second-order valence-corrected chi connectivity index (χ2v) is 3.81. The fourth-order valence-electron chi connectivity index (χ4n) is 1.38. The van der Waals surface area contributed by atoms with Crippen LogP contribution in [0.2, 0.25) is 0 Å². The largest absolute Gasteiger partial charge is 0.459 e. The van der Waals surface area contributed by atoms with Crippen molar-refractivity contribution in [3.8, 4) is 0 Å². The predicted octanol–water partition coefficient (Wildman–Crippen LogP) is 3.15. The number of carbonyl (C=O) groups is 1. The second kappa shape index (κ2) is 4.23. The molecule has 0 spiro atoms. The molecule has 2 rings (SSSR count). The van der Waals surface area contributed by atoms with Crippen LogP contribution in [0.5, 0.6) is 0 Å². The van der Waals surface area contributed by atoms with E-state index in [1.54, 1.807) is 12.3 Å². The molecule has 0 aliphatic rings. The van der Waals surface area contributed by atoms with Crippen molar-refractivity contribution in [3.63, 3.8) is 0 Å². The average Bonchev–Trinajstić information content (AvgIpc) is 2.68. The summed E-state index contributed by atoms with van der Waals surface area (Å²) in [6.45, 7) is 3.88. The van der Waals surface area contributed by atoms with E-state index >= 15 is 0 Å². The monoisotopic (exact) mass is 215 g/mol. The van der Waals surface area contributed by atoms with Gasteiger partial charge in [0, 0.05) is 5.69 Å². The van der Waals surface area contributed by atoms with Crippen molar-refractivity contribution in [2.45, 2.75) is 13.8 Å². The molecular weight excluding hydrogens is 202 g/mol. The zero-order valence-electron chi connectivity index (χ0n) is 9.28. The van der Waals surface area contributed by atoms with Gasteiger partial charge in [-0.2, -0.15) is 0 Å². The van der Waals surface area contributed by atoms with Crippen molar-refractivity contribution in [3.05, 3.63) is 53.5 Å². The van der Waals surface area contributed by atoms with E-state index in [1.807, 2.05) is 38.1 Å². The molecule has 3 nitrogen and oxygen atoms in total. The van der Waals surface area contributed by atoms with Crippen molar-refractivity contribution < 1.29 is 9.21 Å². The normalized spacial score (nSPS) is 10.1. The minimum atomic E-state index is -0.225. The maximum Gasteiger partial charge on any atom is 0.291 e. The van der Waals surface area contributed by atoms with Gasteiger partial charge >= 0.3 is 0 Å². The van der Waals surface area contributed by atoms with Gasteiger partial charge < -0.3 is 9.73 Å². The van der Waals surface area contributed by atoms with Gasteiger partial charge in [0.1, 0.15) is 0 Å². The standard InChI is InChI=1S/C13H13NO2/c1-9-3-5-11(6-4-9)14-13(15)12-7-10(2)8-16-12/h3-8H,1-2H3,(H,14,15). The Labute approximate surface area is 94.1 Å². The van der Waals surface area contributed by atoms with E-state index in [1.165, 1.54) is 0 Å². The van der Waals surface area contributed by atoms with Gasteiger partial charge in [-0.1, -0.05) is 17.7 Å². The van der Waals surface area contributed by atoms with Crippen LogP contribution in [-0.4, -0.2) is 5.91 Å². The van der Waals surface area contributed by atoms with E-state index < -0.39 is 0 Å². The Kier molecular flexibility index (Phi) is 2.77. The number of hydrogen-bond donors (Lipinski definition) is 1. The first-order chi connectivity index (χ1) is 7.65. The number of carbonyl (C=O) groups excluding carboxylic acids is 1. The highest BCUT2D eigenvalue weighted by atomic mass is 16.3. The molecule has 1 aromatic heterocycles. The zero-order valence-corrected chi connectivity index (χ0v) is 9.28. The summed E-state index contributed by atoms with van der Waals surface area (Å²) in [5.41, 5.74) is 2.87. The molecule has 0 bridgehead atoms. The summed E-state index contributed by atoms with van der Waals surface area (Å²) in [6, 6.07) is 9.33. The molecule has 16 heavy (non-hydrogen) atoms. The molecule has 0 unspecified atom stereocenters. The van der Waals surface area contributed by atoms with Crippen LogP contribution in [0.3, 0.4) is 0 Å². The molecule has 82 valence electrons. The third kappa shape index (κ3) is 2.31.